The summed E-state index contributed by atoms with van der Waals surface area (Å²) >= 11 is 0. The van der Waals surface area contributed by atoms with Crippen molar-refractivity contribution in [3.63, 3.8) is 0 Å². The molecule has 0 aliphatic heterocycles. The normalized spacial score (nSPS) is 15.4. The first-order valence-electron chi connectivity index (χ1n) is 9.63. The fourth-order valence-corrected chi connectivity index (χ4v) is 22.1. The van der Waals surface area contributed by atoms with E-state index in [1.165, 1.54) is 0 Å². The topological polar surface area (TPSA) is 78.8 Å². The van der Waals surface area contributed by atoms with Crippen molar-refractivity contribution in [2.45, 2.75) is 103 Å². The Kier molecular flexibility index (Phi) is 10.3. The minimum atomic E-state index is -6.09. The quantitative estimate of drug-likeness (QED) is 0.168. The first kappa shape index (κ1) is 32.7. The summed E-state index contributed by atoms with van der Waals surface area (Å²) in [6.45, 7) is 32.8. The summed E-state index contributed by atoms with van der Waals surface area (Å²) in [4.78, 5) is 0. The molecule has 5 nitrogen and oxygen atoms in total. The van der Waals surface area contributed by atoms with E-state index < -0.39 is 38.6 Å². The van der Waals surface area contributed by atoms with E-state index in [1.807, 2.05) is 0 Å². The lowest BCUT2D eigenvalue weighted by molar-refractivity contribution is -0.0517. The standard InChI is InChI=1S/C17H42NOP2Si.CHF3O3S/c1-15(2,3)21(16(4,5)6,17(7,8)9)19-20(10,11)18-22(12,13)14;2-1(3,4)8(5,6)7/h1-14H3;(H,5,6,7)/q+1;/p-1. The van der Waals surface area contributed by atoms with E-state index in [-0.39, 0.29) is 15.5 Å². The smallest absolute Gasteiger partial charge is 0.485 e. The van der Waals surface area contributed by atoms with Crippen LogP contribution in [0.2, 0.25) is 19.6 Å². The van der Waals surface area contributed by atoms with Gasteiger partial charge in [-0.25, -0.2) is 12.7 Å². The van der Waals surface area contributed by atoms with Crippen LogP contribution in [0.5, 0.6) is 0 Å². The molecule has 0 radical (unpaired) electrons. The summed E-state index contributed by atoms with van der Waals surface area (Å²) in [6, 6.07) is 0. The van der Waals surface area contributed by atoms with Crippen LogP contribution in [0.15, 0.2) is 4.41 Å². The Bertz CT molecular complexity index is 700. The number of nitrogens with zero attached hydrogens (tertiary/aromatic N) is 1. The van der Waals surface area contributed by atoms with Crippen molar-refractivity contribution >= 4 is 33.1 Å². The van der Waals surface area contributed by atoms with Crippen LogP contribution >= 0.6 is 14.8 Å². The molecule has 0 N–H and O–H groups in total. The Labute approximate surface area is 184 Å². The predicted octanol–water partition coefficient (Wildman–Crippen LogP) is 7.59. The summed E-state index contributed by atoms with van der Waals surface area (Å²) in [5, 5.41) is 0.404. The molecule has 0 aromatic carbocycles. The Morgan fingerprint density at radius 3 is 1.20 bits per heavy atom. The SMILES string of the molecule is CC(C)(C)[P+](OP(C)(C)=N[Si](C)(C)C)(C(C)(C)C)C(C)(C)C.O=S(=O)([O-])C(F)(F)F. The van der Waals surface area contributed by atoms with Crippen LogP contribution in [0, 0.1) is 0 Å². The van der Waals surface area contributed by atoms with Crippen LogP contribution < -0.4 is 0 Å². The van der Waals surface area contributed by atoms with Gasteiger partial charge in [0.25, 0.3) is 0 Å². The Morgan fingerprint density at radius 1 is 0.833 bits per heavy atom. The van der Waals surface area contributed by atoms with Gasteiger partial charge in [0.1, 0.15) is 7.28 Å². The molecule has 0 saturated heterocycles. The molecule has 0 atom stereocenters. The van der Waals surface area contributed by atoms with Crippen LogP contribution in [0.25, 0.3) is 0 Å². The van der Waals surface area contributed by atoms with Crippen molar-refractivity contribution in [1.29, 1.82) is 0 Å². The second-order valence-corrected chi connectivity index (χ2v) is 26.7. The van der Waals surface area contributed by atoms with E-state index in [9.17, 15) is 13.2 Å². The molecular weight excluding hydrogens is 473 g/mol. The maximum absolute atomic E-state index is 10.7. The number of hydrogen-bond acceptors (Lipinski definition) is 5. The average molecular weight is 516 g/mol. The van der Waals surface area contributed by atoms with Crippen molar-refractivity contribution < 1.29 is 30.5 Å². The van der Waals surface area contributed by atoms with Gasteiger partial charge in [-0.3, -0.25) is 0 Å². The number of halogens is 3. The molecule has 0 rings (SSSR count). The van der Waals surface area contributed by atoms with Crippen LogP contribution in [-0.4, -0.2) is 55.5 Å². The van der Waals surface area contributed by atoms with E-state index in [1.54, 1.807) is 0 Å². The molecule has 0 amide bonds. The van der Waals surface area contributed by atoms with E-state index in [0.29, 0.717) is 0 Å². The Morgan fingerprint density at radius 2 is 1.07 bits per heavy atom. The minimum Gasteiger partial charge on any atom is -0.741 e. The summed E-state index contributed by atoms with van der Waals surface area (Å²) < 4.78 is 71.3. The zero-order valence-corrected chi connectivity index (χ0v) is 24.6. The van der Waals surface area contributed by atoms with Crippen LogP contribution in [-0.2, 0) is 14.4 Å². The van der Waals surface area contributed by atoms with Gasteiger partial charge in [-0.05, 0) is 95.3 Å². The van der Waals surface area contributed by atoms with E-state index >= 15 is 0 Å². The summed E-state index contributed by atoms with van der Waals surface area (Å²) in [6.07, 6.45) is 0. The molecule has 0 fully saturated rings. The number of alkyl halides is 3. The number of rotatable bonds is 3. The van der Waals surface area contributed by atoms with E-state index in [0.717, 1.165) is 0 Å². The molecule has 30 heavy (non-hydrogen) atoms. The van der Waals surface area contributed by atoms with Gasteiger partial charge in [0.05, 0.1) is 15.5 Å². The molecule has 0 unspecified atom stereocenters. The highest BCUT2D eigenvalue weighted by Crippen LogP contribution is 2.88. The third-order valence-corrected chi connectivity index (χ3v) is 17.1. The molecule has 184 valence electrons. The highest BCUT2D eigenvalue weighted by atomic mass is 32.2. The zero-order chi connectivity index (χ0) is 25.4. The maximum atomic E-state index is 10.7. The minimum absolute atomic E-state index is 0.135. The fourth-order valence-electron chi connectivity index (χ4n) is 4.43. The molecule has 0 aromatic rings. The second-order valence-electron chi connectivity index (χ2n) is 11.7. The largest absolute Gasteiger partial charge is 0.741 e. The number of hydrogen-bond donors (Lipinski definition) is 0. The lowest BCUT2D eigenvalue weighted by Gasteiger charge is -2.53. The summed E-state index contributed by atoms with van der Waals surface area (Å²) in [7, 11) is -11.1. The van der Waals surface area contributed by atoms with Gasteiger partial charge in [0.2, 0.25) is 0 Å². The molecule has 12 heteroatoms. The van der Waals surface area contributed by atoms with E-state index in [4.69, 9.17) is 21.7 Å². The van der Waals surface area contributed by atoms with Gasteiger partial charge in [0.15, 0.2) is 25.8 Å². The molecule has 0 aliphatic rings. The molecule has 0 saturated carbocycles. The van der Waals surface area contributed by atoms with Crippen molar-refractivity contribution in [2.24, 2.45) is 4.41 Å². The van der Waals surface area contributed by atoms with Gasteiger partial charge in [-0.1, -0.05) is 0 Å². The maximum Gasteiger partial charge on any atom is 0.485 e. The zero-order valence-electron chi connectivity index (χ0n) is 21.0. The third kappa shape index (κ3) is 9.19. The van der Waals surface area contributed by atoms with Crippen molar-refractivity contribution in [1.82, 2.24) is 0 Å². The van der Waals surface area contributed by atoms with Gasteiger partial charge < -0.3 is 8.96 Å². The first-order valence-corrected chi connectivity index (χ1v) is 18.7. The van der Waals surface area contributed by atoms with Crippen molar-refractivity contribution in [3.05, 3.63) is 0 Å². The molecule has 0 spiro atoms. The van der Waals surface area contributed by atoms with Crippen LogP contribution in [0.4, 0.5) is 13.2 Å². The Balaban J connectivity index is 0. The van der Waals surface area contributed by atoms with Crippen molar-refractivity contribution in [3.8, 4) is 0 Å². The lowest BCUT2D eigenvalue weighted by atomic mass is 10.2. The van der Waals surface area contributed by atoms with Crippen LogP contribution in [0.1, 0.15) is 62.3 Å². The summed E-state index contributed by atoms with van der Waals surface area (Å²) in [5.41, 5.74) is -5.65. The highest BCUT2D eigenvalue weighted by molar-refractivity contribution is 7.86. The second kappa shape index (κ2) is 9.42. The lowest BCUT2D eigenvalue weighted by Crippen LogP contribution is -2.44. The predicted molar refractivity (Wildman–Crippen MR) is 128 cm³/mol. The molecular formula is C18H42F3NO4P2SSi. The first-order chi connectivity index (χ1) is 12.4. The third-order valence-electron chi connectivity index (χ3n) is 3.98. The van der Waals surface area contributed by atoms with Crippen LogP contribution in [0.3, 0.4) is 0 Å². The van der Waals surface area contributed by atoms with Gasteiger partial charge >= 0.3 is 5.51 Å². The summed E-state index contributed by atoms with van der Waals surface area (Å²) in [5.74, 6) is 0. The van der Waals surface area contributed by atoms with Gasteiger partial charge in [-0.15, -0.1) is 0 Å². The van der Waals surface area contributed by atoms with E-state index in [2.05, 4.69) is 95.3 Å². The monoisotopic (exact) mass is 515 g/mol. The average Bonchev–Trinajstić information content (AvgIpc) is 2.26. The highest BCUT2D eigenvalue weighted by Gasteiger charge is 2.68. The van der Waals surface area contributed by atoms with Gasteiger partial charge in [0, 0.05) is 0 Å². The Hall–Kier alpha value is 0.537. The fraction of sp³-hybridized carbons (Fsp3) is 1.00. The molecule has 0 aromatic heterocycles. The molecule has 0 bridgehead atoms. The van der Waals surface area contributed by atoms with Gasteiger partial charge in [-0.2, -0.15) is 13.2 Å². The van der Waals surface area contributed by atoms with Crippen molar-refractivity contribution in [2.75, 3.05) is 13.3 Å². The molecule has 0 heterocycles. The molecule has 0 aliphatic carbocycles.